The number of hydrogen-bond donors (Lipinski definition) is 4. The van der Waals surface area contributed by atoms with Crippen molar-refractivity contribution >= 4 is 78.5 Å². The second-order valence-electron chi connectivity index (χ2n) is 19.9. The fourth-order valence-corrected chi connectivity index (χ4v) is 12.9. The van der Waals surface area contributed by atoms with Crippen molar-refractivity contribution in [1.29, 1.82) is 0 Å². The summed E-state index contributed by atoms with van der Waals surface area (Å²) in [6, 6.07) is 29.7. The molecule has 3 unspecified atom stereocenters. The number of nitrogens with one attached hydrogen (secondary N) is 3. The molecule has 0 saturated heterocycles. The average Bonchev–Trinajstić information content (AvgIpc) is 3.39. The fraction of sp³-hybridized carbons (Fsp3) is 0.400. The van der Waals surface area contributed by atoms with Crippen molar-refractivity contribution in [2.24, 2.45) is 0 Å². The summed E-state index contributed by atoms with van der Waals surface area (Å²) in [4.78, 5) is 60.7. The molecule has 3 atom stereocenters. The molecule has 12 nitrogen and oxygen atoms in total. The Kier molecular flexibility index (Phi) is 16.2. The Balaban J connectivity index is 1.14. The van der Waals surface area contributed by atoms with E-state index in [9.17, 15) is 24.3 Å². The molecule has 0 spiro atoms. The maximum Gasteiger partial charge on any atom is 0.326 e. The van der Waals surface area contributed by atoms with Crippen LogP contribution in [0.2, 0.25) is 0 Å². The van der Waals surface area contributed by atoms with Crippen molar-refractivity contribution < 1.29 is 33.8 Å². The SMILES string of the molecule is CCC(CC)N1Cc2ccc3c4c(SCC(NC(C)=O)C(=O)NC(Cc5ccccc5)C(=O)NC(Cc5ccccc5)C(=O)O)cc5c6c(ccc(c7c(OCCOC)cc(c2c37)C1)c64)CN(C(CC)CC)C5. The van der Waals surface area contributed by atoms with Crippen molar-refractivity contribution in [3.8, 4) is 5.75 Å². The maximum absolute atomic E-state index is 14.7. The summed E-state index contributed by atoms with van der Waals surface area (Å²) < 4.78 is 12.3. The highest BCUT2D eigenvalue weighted by atomic mass is 32.2. The largest absolute Gasteiger partial charge is 0.491 e. The Morgan fingerprint density at radius 1 is 0.575 bits per heavy atom. The van der Waals surface area contributed by atoms with Crippen LogP contribution < -0.4 is 20.7 Å². The molecule has 7 aromatic rings. The van der Waals surface area contributed by atoms with Gasteiger partial charge in [-0.1, -0.05) is 113 Å². The third kappa shape index (κ3) is 10.7. The van der Waals surface area contributed by atoms with E-state index >= 15 is 0 Å². The maximum atomic E-state index is 14.7. The Morgan fingerprint density at radius 3 is 1.60 bits per heavy atom. The summed E-state index contributed by atoms with van der Waals surface area (Å²) in [6.07, 6.45) is 4.36. The van der Waals surface area contributed by atoms with Crippen molar-refractivity contribution in [2.75, 3.05) is 26.1 Å². The molecule has 2 heterocycles. The zero-order valence-electron chi connectivity index (χ0n) is 43.0. The normalized spacial score (nSPS) is 15.1. The van der Waals surface area contributed by atoms with Crippen LogP contribution in [0.15, 0.2) is 102 Å². The molecule has 3 amide bonds. The Hall–Kier alpha value is -6.25. The first-order valence-corrected chi connectivity index (χ1v) is 27.1. The second kappa shape index (κ2) is 22.9. The number of aliphatic carboxylic acids is 1. The van der Waals surface area contributed by atoms with Crippen molar-refractivity contribution in [3.63, 3.8) is 0 Å². The van der Waals surface area contributed by atoms with E-state index in [4.69, 9.17) is 9.47 Å². The van der Waals surface area contributed by atoms with Gasteiger partial charge in [-0.3, -0.25) is 24.2 Å². The van der Waals surface area contributed by atoms with Gasteiger partial charge in [-0.25, -0.2) is 4.79 Å². The van der Waals surface area contributed by atoms with Crippen LogP contribution in [0.3, 0.4) is 0 Å². The predicted molar refractivity (Wildman–Crippen MR) is 292 cm³/mol. The van der Waals surface area contributed by atoms with E-state index < -0.39 is 41.8 Å². The lowest BCUT2D eigenvalue weighted by molar-refractivity contribution is -0.142. The van der Waals surface area contributed by atoms with Gasteiger partial charge in [-0.05, 0) is 98.1 Å². The van der Waals surface area contributed by atoms with Gasteiger partial charge in [0.25, 0.3) is 0 Å². The summed E-state index contributed by atoms with van der Waals surface area (Å²) in [6.45, 7) is 14.6. The van der Waals surface area contributed by atoms with Crippen LogP contribution in [0.25, 0.3) is 43.1 Å². The van der Waals surface area contributed by atoms with E-state index in [1.165, 1.54) is 62.5 Å². The van der Waals surface area contributed by atoms with Crippen LogP contribution in [0, 0.1) is 0 Å². The topological polar surface area (TPSA) is 150 Å². The minimum Gasteiger partial charge on any atom is -0.491 e. The standard InChI is InChI=1S/C60H69N5O7S/c1-7-43(8-2)64-31-39-22-24-46-55-51(73-35-49(61-36(5)66)59(68)62-47(27-37-17-13-11-14-18-37)58(67)63-48(60(69)70)28-38-19-15-12-16-20-38)30-42-34-65(44(9-3)10-4)32-40-21-23-45(57(55)53(40)42)54-50(72-26-25-71-6)29-41(33-64)52(39)56(46)54/h11-24,29-30,43-44,47-49H,7-10,25-28,31-35H2,1-6H3,(H,61,66)(H,62,68)(H,63,67)(H,69,70). The molecule has 0 radical (unpaired) electrons. The molecule has 2 aliphatic rings. The number of carboxylic acid groups (broad SMARTS) is 1. The number of hydrogen-bond acceptors (Lipinski definition) is 9. The first-order chi connectivity index (χ1) is 35.4. The molecule has 4 N–H and O–H groups in total. The molecule has 73 heavy (non-hydrogen) atoms. The number of carbonyl (C=O) groups is 4. The molecule has 2 aliphatic heterocycles. The molecular formula is C60H69N5O7S. The third-order valence-electron chi connectivity index (χ3n) is 15.2. The summed E-state index contributed by atoms with van der Waals surface area (Å²) >= 11 is 1.53. The smallest absolute Gasteiger partial charge is 0.326 e. The van der Waals surface area contributed by atoms with Crippen LogP contribution >= 0.6 is 11.8 Å². The van der Waals surface area contributed by atoms with E-state index in [0.717, 1.165) is 95.2 Å². The van der Waals surface area contributed by atoms with Crippen molar-refractivity contribution in [3.05, 3.63) is 130 Å². The van der Waals surface area contributed by atoms with Gasteiger partial charge in [0.1, 0.15) is 30.5 Å². The molecule has 9 rings (SSSR count). The highest BCUT2D eigenvalue weighted by Gasteiger charge is 2.34. The molecule has 0 aromatic heterocycles. The average molecular weight is 1000 g/mol. The van der Waals surface area contributed by atoms with E-state index in [1.807, 2.05) is 60.7 Å². The number of benzene rings is 7. The minimum absolute atomic E-state index is 0.0628. The quantitative estimate of drug-likeness (QED) is 0.0211. The van der Waals surface area contributed by atoms with E-state index in [-0.39, 0.29) is 18.6 Å². The number of nitrogens with zero attached hydrogens (tertiary/aromatic N) is 2. The van der Waals surface area contributed by atoms with Crippen molar-refractivity contribution in [1.82, 2.24) is 25.8 Å². The molecule has 0 fully saturated rings. The van der Waals surface area contributed by atoms with Gasteiger partial charge in [0, 0.05) is 91.9 Å². The van der Waals surface area contributed by atoms with E-state index in [1.54, 1.807) is 7.11 Å². The number of carboxylic acids is 1. The first kappa shape index (κ1) is 51.6. The summed E-state index contributed by atoms with van der Waals surface area (Å²) in [5, 5.41) is 28.2. The van der Waals surface area contributed by atoms with Crippen LogP contribution in [0.4, 0.5) is 0 Å². The zero-order chi connectivity index (χ0) is 51.3. The summed E-state index contributed by atoms with van der Waals surface area (Å²) in [5.74, 6) is -1.75. The summed E-state index contributed by atoms with van der Waals surface area (Å²) in [5.41, 5.74) is 6.58. The molecule has 382 valence electrons. The number of amides is 3. The highest BCUT2D eigenvalue weighted by Crippen LogP contribution is 2.52. The van der Waals surface area contributed by atoms with Crippen molar-refractivity contribution in [2.45, 2.75) is 134 Å². The van der Waals surface area contributed by atoms with Crippen LogP contribution in [-0.4, -0.2) is 94.9 Å². The highest BCUT2D eigenvalue weighted by molar-refractivity contribution is 7.99. The van der Waals surface area contributed by atoms with Gasteiger partial charge in [-0.2, -0.15) is 0 Å². The number of thioether (sulfide) groups is 1. The minimum atomic E-state index is -1.24. The zero-order valence-corrected chi connectivity index (χ0v) is 43.8. The van der Waals surface area contributed by atoms with E-state index in [0.29, 0.717) is 25.3 Å². The Labute approximate surface area is 432 Å². The summed E-state index contributed by atoms with van der Waals surface area (Å²) in [7, 11) is 1.70. The second-order valence-corrected chi connectivity index (χ2v) is 20.9. The molecule has 0 saturated carbocycles. The number of carbonyl (C=O) groups excluding carboxylic acids is 3. The fourth-order valence-electron chi connectivity index (χ4n) is 11.7. The lowest BCUT2D eigenvalue weighted by Gasteiger charge is -2.37. The molecule has 0 bridgehead atoms. The lowest BCUT2D eigenvalue weighted by Crippen LogP contribution is -2.57. The van der Waals surface area contributed by atoms with Gasteiger partial charge in [0.15, 0.2) is 0 Å². The first-order valence-electron chi connectivity index (χ1n) is 26.1. The Bertz CT molecular complexity index is 3120. The molecule has 0 aliphatic carbocycles. The Morgan fingerprint density at radius 2 is 1.07 bits per heavy atom. The predicted octanol–water partition coefficient (Wildman–Crippen LogP) is 9.91. The lowest BCUT2D eigenvalue weighted by atomic mass is 9.82. The van der Waals surface area contributed by atoms with Crippen LogP contribution in [0.5, 0.6) is 5.75 Å². The molecule has 13 heteroatoms. The van der Waals surface area contributed by atoms with Gasteiger partial charge in [0.2, 0.25) is 17.7 Å². The van der Waals surface area contributed by atoms with Gasteiger partial charge >= 0.3 is 5.97 Å². The van der Waals surface area contributed by atoms with Gasteiger partial charge in [-0.15, -0.1) is 11.8 Å². The van der Waals surface area contributed by atoms with Gasteiger partial charge in [0.05, 0.1) is 6.61 Å². The number of fused-ring (bicyclic) bond motifs is 2. The van der Waals surface area contributed by atoms with Crippen LogP contribution in [0.1, 0.15) is 93.7 Å². The van der Waals surface area contributed by atoms with Crippen LogP contribution in [-0.2, 0) is 62.9 Å². The number of rotatable bonds is 23. The number of ether oxygens (including phenoxy) is 2. The van der Waals surface area contributed by atoms with E-state index in [2.05, 4.69) is 89.8 Å². The third-order valence-corrected chi connectivity index (χ3v) is 16.4. The monoisotopic (exact) mass is 1000 g/mol. The molecule has 7 aromatic carbocycles. The van der Waals surface area contributed by atoms with Gasteiger partial charge < -0.3 is 30.5 Å². The molecular weight excluding hydrogens is 935 g/mol. The number of methoxy groups -OCH3 is 1.